The zero-order valence-electron chi connectivity index (χ0n) is 8.90. The van der Waals surface area contributed by atoms with Gasteiger partial charge in [-0.15, -0.1) is 0 Å². The molecule has 1 rings (SSSR count). The Morgan fingerprint density at radius 3 is 2.93 bits per heavy atom. The molecule has 82 valence electrons. The Balaban J connectivity index is 2.51. The minimum Gasteiger partial charge on any atom is -0.468 e. The number of ether oxygens (including phenoxy) is 1. The zero-order valence-corrected chi connectivity index (χ0v) is 8.90. The number of likely N-dealkylation sites (tertiary alicyclic amines) is 1. The van der Waals surface area contributed by atoms with Crippen LogP contribution in [0.2, 0.25) is 0 Å². The third kappa shape index (κ3) is 2.69. The molecule has 1 N–H and O–H groups in total. The Labute approximate surface area is 84.8 Å². The lowest BCUT2D eigenvalue weighted by Gasteiger charge is -2.38. The van der Waals surface area contributed by atoms with E-state index in [1.54, 1.807) is 0 Å². The molecule has 1 heterocycles. The first-order valence-electron chi connectivity index (χ1n) is 5.10. The van der Waals surface area contributed by atoms with Crippen LogP contribution in [0.1, 0.15) is 19.8 Å². The number of methoxy groups -OCH3 is 1. The van der Waals surface area contributed by atoms with Gasteiger partial charge in [-0.2, -0.15) is 0 Å². The van der Waals surface area contributed by atoms with Gasteiger partial charge in [-0.3, -0.25) is 9.69 Å². The predicted octanol–water partition coefficient (Wildman–Crippen LogP) is 0.252. The number of hydrogen-bond donors (Lipinski definition) is 1. The SMILES string of the molecule is COC(=O)CN1CCCC(C)C1CO. The maximum Gasteiger partial charge on any atom is 0.319 e. The molecular formula is C10H19NO3. The molecule has 0 amide bonds. The van der Waals surface area contributed by atoms with Gasteiger partial charge in [0, 0.05) is 6.04 Å². The Bertz CT molecular complexity index is 196. The van der Waals surface area contributed by atoms with E-state index < -0.39 is 0 Å². The fourth-order valence-electron chi connectivity index (χ4n) is 2.06. The second-order valence-electron chi connectivity index (χ2n) is 3.92. The lowest BCUT2D eigenvalue weighted by Crippen LogP contribution is -2.48. The molecule has 0 radical (unpaired) electrons. The fraction of sp³-hybridized carbons (Fsp3) is 0.900. The summed E-state index contributed by atoms with van der Waals surface area (Å²) in [6.07, 6.45) is 2.22. The van der Waals surface area contributed by atoms with E-state index >= 15 is 0 Å². The summed E-state index contributed by atoms with van der Waals surface area (Å²) in [5.74, 6) is 0.232. The molecule has 0 saturated carbocycles. The quantitative estimate of drug-likeness (QED) is 0.665. The molecule has 0 aromatic heterocycles. The Kier molecular flexibility index (Phi) is 4.35. The lowest BCUT2D eigenvalue weighted by atomic mass is 9.91. The summed E-state index contributed by atoms with van der Waals surface area (Å²) in [7, 11) is 1.39. The summed E-state index contributed by atoms with van der Waals surface area (Å²) >= 11 is 0. The largest absolute Gasteiger partial charge is 0.468 e. The van der Waals surface area contributed by atoms with Crippen molar-refractivity contribution in [1.82, 2.24) is 4.90 Å². The molecule has 4 nitrogen and oxygen atoms in total. The van der Waals surface area contributed by atoms with Crippen LogP contribution in [0.4, 0.5) is 0 Å². The van der Waals surface area contributed by atoms with Crippen molar-refractivity contribution in [2.75, 3.05) is 26.8 Å². The average molecular weight is 201 g/mol. The van der Waals surface area contributed by atoms with E-state index in [1.165, 1.54) is 7.11 Å². The zero-order chi connectivity index (χ0) is 10.6. The minimum atomic E-state index is -0.224. The van der Waals surface area contributed by atoms with Gasteiger partial charge in [-0.25, -0.2) is 0 Å². The molecule has 2 unspecified atom stereocenters. The van der Waals surface area contributed by atoms with Gasteiger partial charge in [0.15, 0.2) is 0 Å². The van der Waals surface area contributed by atoms with Crippen LogP contribution < -0.4 is 0 Å². The van der Waals surface area contributed by atoms with Gasteiger partial charge < -0.3 is 9.84 Å². The Morgan fingerprint density at radius 2 is 2.36 bits per heavy atom. The number of carbonyl (C=O) groups excluding carboxylic acids is 1. The number of rotatable bonds is 3. The standard InChI is InChI=1S/C10H19NO3/c1-8-4-3-5-11(9(8)7-12)6-10(13)14-2/h8-9,12H,3-7H2,1-2H3. The van der Waals surface area contributed by atoms with Crippen molar-refractivity contribution in [1.29, 1.82) is 0 Å². The van der Waals surface area contributed by atoms with Crippen LogP contribution in [-0.2, 0) is 9.53 Å². The summed E-state index contributed by atoms with van der Waals surface area (Å²) in [6, 6.07) is 0.114. The van der Waals surface area contributed by atoms with Crippen LogP contribution in [0.5, 0.6) is 0 Å². The smallest absolute Gasteiger partial charge is 0.319 e. The molecule has 1 aliphatic rings. The summed E-state index contributed by atoms with van der Waals surface area (Å²) in [5.41, 5.74) is 0. The van der Waals surface area contributed by atoms with E-state index in [9.17, 15) is 9.90 Å². The van der Waals surface area contributed by atoms with Crippen molar-refractivity contribution >= 4 is 5.97 Å². The van der Waals surface area contributed by atoms with Crippen molar-refractivity contribution in [2.45, 2.75) is 25.8 Å². The van der Waals surface area contributed by atoms with E-state index in [0.717, 1.165) is 19.4 Å². The molecule has 0 aromatic rings. The van der Waals surface area contributed by atoms with E-state index in [2.05, 4.69) is 11.7 Å². The fourth-order valence-corrected chi connectivity index (χ4v) is 2.06. The van der Waals surface area contributed by atoms with Crippen LogP contribution in [0.25, 0.3) is 0 Å². The van der Waals surface area contributed by atoms with Crippen LogP contribution in [-0.4, -0.2) is 48.8 Å². The molecule has 1 fully saturated rings. The number of aliphatic hydroxyl groups is 1. The molecule has 14 heavy (non-hydrogen) atoms. The first-order valence-corrected chi connectivity index (χ1v) is 5.10. The number of carbonyl (C=O) groups is 1. The van der Waals surface area contributed by atoms with Crippen LogP contribution >= 0.6 is 0 Å². The molecule has 0 aliphatic carbocycles. The first-order chi connectivity index (χ1) is 6.69. The van der Waals surface area contributed by atoms with Crippen molar-refractivity contribution in [3.63, 3.8) is 0 Å². The highest BCUT2D eigenvalue weighted by atomic mass is 16.5. The number of piperidine rings is 1. The Morgan fingerprint density at radius 1 is 1.64 bits per heavy atom. The monoisotopic (exact) mass is 201 g/mol. The molecule has 1 saturated heterocycles. The third-order valence-electron chi connectivity index (χ3n) is 2.98. The topological polar surface area (TPSA) is 49.8 Å². The summed E-state index contributed by atoms with van der Waals surface area (Å²) in [4.78, 5) is 13.1. The maximum absolute atomic E-state index is 11.1. The van der Waals surface area contributed by atoms with Gasteiger partial charge in [0.25, 0.3) is 0 Å². The normalized spacial score (nSPS) is 28.8. The molecular weight excluding hydrogens is 182 g/mol. The minimum absolute atomic E-state index is 0.114. The second-order valence-corrected chi connectivity index (χ2v) is 3.92. The van der Waals surface area contributed by atoms with E-state index in [1.807, 2.05) is 4.90 Å². The summed E-state index contributed by atoms with van der Waals surface area (Å²) in [5, 5.41) is 9.22. The Hall–Kier alpha value is -0.610. The van der Waals surface area contributed by atoms with Gasteiger partial charge >= 0.3 is 5.97 Å². The number of aliphatic hydroxyl groups excluding tert-OH is 1. The summed E-state index contributed by atoms with van der Waals surface area (Å²) < 4.78 is 4.62. The second kappa shape index (κ2) is 5.32. The lowest BCUT2D eigenvalue weighted by molar-refractivity contribution is -0.143. The van der Waals surface area contributed by atoms with Crippen molar-refractivity contribution in [3.05, 3.63) is 0 Å². The molecule has 0 aromatic carbocycles. The van der Waals surface area contributed by atoms with Gasteiger partial charge in [-0.1, -0.05) is 6.92 Å². The maximum atomic E-state index is 11.1. The molecule has 0 spiro atoms. The molecule has 1 aliphatic heterocycles. The highest BCUT2D eigenvalue weighted by Crippen LogP contribution is 2.22. The van der Waals surface area contributed by atoms with E-state index in [-0.39, 0.29) is 18.6 Å². The number of hydrogen-bond acceptors (Lipinski definition) is 4. The third-order valence-corrected chi connectivity index (χ3v) is 2.98. The molecule has 0 bridgehead atoms. The number of esters is 1. The highest BCUT2D eigenvalue weighted by molar-refractivity contribution is 5.71. The van der Waals surface area contributed by atoms with Crippen molar-refractivity contribution < 1.29 is 14.6 Å². The van der Waals surface area contributed by atoms with E-state index in [4.69, 9.17) is 0 Å². The molecule has 4 heteroatoms. The predicted molar refractivity (Wildman–Crippen MR) is 52.9 cm³/mol. The highest BCUT2D eigenvalue weighted by Gasteiger charge is 2.29. The van der Waals surface area contributed by atoms with Crippen LogP contribution in [0.3, 0.4) is 0 Å². The van der Waals surface area contributed by atoms with Crippen LogP contribution in [0.15, 0.2) is 0 Å². The van der Waals surface area contributed by atoms with Crippen molar-refractivity contribution in [3.8, 4) is 0 Å². The van der Waals surface area contributed by atoms with E-state index in [0.29, 0.717) is 12.5 Å². The molecule has 2 atom stereocenters. The van der Waals surface area contributed by atoms with Gasteiger partial charge in [-0.05, 0) is 25.3 Å². The van der Waals surface area contributed by atoms with Gasteiger partial charge in [0.05, 0.1) is 20.3 Å². The number of nitrogens with zero attached hydrogens (tertiary/aromatic N) is 1. The van der Waals surface area contributed by atoms with Gasteiger partial charge in [0.1, 0.15) is 0 Å². The first kappa shape index (κ1) is 11.5. The summed E-state index contributed by atoms with van der Waals surface area (Å²) in [6.45, 7) is 3.42. The van der Waals surface area contributed by atoms with Gasteiger partial charge in [0.2, 0.25) is 0 Å². The average Bonchev–Trinajstić information content (AvgIpc) is 2.18. The van der Waals surface area contributed by atoms with Crippen molar-refractivity contribution in [2.24, 2.45) is 5.92 Å². The van der Waals surface area contributed by atoms with Crippen LogP contribution in [0, 0.1) is 5.92 Å².